The van der Waals surface area contributed by atoms with E-state index in [-0.39, 0.29) is 35.1 Å². The van der Waals surface area contributed by atoms with Crippen molar-refractivity contribution in [2.75, 3.05) is 50.1 Å². The molecule has 1 fully saturated rings. The van der Waals surface area contributed by atoms with Crippen LogP contribution < -0.4 is 9.80 Å². The smallest absolute Gasteiger partial charge is 0.293 e. The van der Waals surface area contributed by atoms with Gasteiger partial charge in [0.25, 0.3) is 11.6 Å². The van der Waals surface area contributed by atoms with Crippen molar-refractivity contribution >= 4 is 56.4 Å². The number of thiazole rings is 1. The Bertz CT molecular complexity index is 1200. The number of nitro benzene ring substituents is 1. The average molecular weight is 522 g/mol. The zero-order valence-electron chi connectivity index (χ0n) is 19.8. The third-order valence-electron chi connectivity index (χ3n) is 5.94. The van der Waals surface area contributed by atoms with Gasteiger partial charge in [-0.1, -0.05) is 17.4 Å². The van der Waals surface area contributed by atoms with E-state index in [1.807, 2.05) is 23.9 Å². The van der Waals surface area contributed by atoms with Crippen LogP contribution in [0.25, 0.3) is 10.2 Å². The molecule has 0 spiro atoms. The maximum absolute atomic E-state index is 14.3. The molecule has 0 bridgehead atoms. The molecule has 8 nitrogen and oxygen atoms in total. The molecule has 0 unspecified atom stereocenters. The number of amides is 1. The van der Waals surface area contributed by atoms with Crippen molar-refractivity contribution in [2.24, 2.45) is 0 Å². The van der Waals surface area contributed by atoms with E-state index < -0.39 is 10.7 Å². The molecule has 2 heterocycles. The third kappa shape index (κ3) is 6.06. The summed E-state index contributed by atoms with van der Waals surface area (Å²) in [5.41, 5.74) is 0.912. The topological polar surface area (TPSA) is 82.8 Å². The number of piperidine rings is 1. The Hall–Kier alpha value is -2.82. The van der Waals surface area contributed by atoms with Crippen LogP contribution in [0.5, 0.6) is 0 Å². The highest BCUT2D eigenvalue weighted by molar-refractivity contribution is 7.22. The second kappa shape index (κ2) is 11.7. The standard InChI is InChI=1S/C24H28FN5O3S.ClH/c1-27(2)12-7-15-29(24-26-22-18(25)8-6-9-21(22)34-24)23(31)17-10-11-19(20(16-17)30(32)33)28-13-4-3-5-14-28;/h6,8-11,16H,3-5,7,12-15H2,1-2H3;1H. The largest absolute Gasteiger partial charge is 0.366 e. The third-order valence-corrected chi connectivity index (χ3v) is 6.98. The van der Waals surface area contributed by atoms with Crippen molar-refractivity contribution in [3.8, 4) is 0 Å². The van der Waals surface area contributed by atoms with Gasteiger partial charge >= 0.3 is 0 Å². The van der Waals surface area contributed by atoms with Crippen molar-refractivity contribution in [2.45, 2.75) is 25.7 Å². The molecular formula is C24H29ClFN5O3S. The quantitative estimate of drug-likeness (QED) is 0.293. The molecule has 0 radical (unpaired) electrons. The number of nitro groups is 1. The lowest BCUT2D eigenvalue weighted by Crippen LogP contribution is -2.34. The fourth-order valence-electron chi connectivity index (χ4n) is 4.21. The Morgan fingerprint density at radius 1 is 1.17 bits per heavy atom. The summed E-state index contributed by atoms with van der Waals surface area (Å²) in [6, 6.07) is 9.39. The zero-order chi connectivity index (χ0) is 24.2. The number of anilines is 2. The summed E-state index contributed by atoms with van der Waals surface area (Å²) in [7, 11) is 3.89. The van der Waals surface area contributed by atoms with E-state index in [4.69, 9.17) is 0 Å². The first kappa shape index (κ1) is 26.8. The van der Waals surface area contributed by atoms with Gasteiger partial charge in [0.05, 0.1) is 9.62 Å². The number of carbonyl (C=O) groups is 1. The van der Waals surface area contributed by atoms with Crippen LogP contribution in [0.2, 0.25) is 0 Å². The van der Waals surface area contributed by atoms with Gasteiger partial charge in [-0.2, -0.15) is 0 Å². The summed E-state index contributed by atoms with van der Waals surface area (Å²) in [6.07, 6.45) is 3.77. The fraction of sp³-hybridized carbons (Fsp3) is 0.417. The van der Waals surface area contributed by atoms with Crippen molar-refractivity contribution in [1.29, 1.82) is 0 Å². The minimum absolute atomic E-state index is 0. The molecule has 1 aliphatic heterocycles. The Labute approximate surface area is 213 Å². The number of halogens is 2. The van der Waals surface area contributed by atoms with E-state index in [0.717, 1.165) is 38.9 Å². The molecule has 35 heavy (non-hydrogen) atoms. The number of nitrogens with zero attached hydrogens (tertiary/aromatic N) is 5. The van der Waals surface area contributed by atoms with Crippen LogP contribution >= 0.6 is 23.7 Å². The maximum atomic E-state index is 14.3. The number of hydrogen-bond donors (Lipinski definition) is 0. The van der Waals surface area contributed by atoms with Gasteiger partial charge in [0.15, 0.2) is 5.13 Å². The molecule has 188 valence electrons. The second-order valence-electron chi connectivity index (χ2n) is 8.70. The number of benzene rings is 2. The molecule has 1 aliphatic rings. The van der Waals surface area contributed by atoms with Gasteiger partial charge in [0.1, 0.15) is 17.0 Å². The lowest BCUT2D eigenvalue weighted by atomic mass is 10.1. The second-order valence-corrected chi connectivity index (χ2v) is 9.71. The molecule has 3 aromatic rings. The van der Waals surface area contributed by atoms with E-state index in [1.165, 1.54) is 28.4 Å². The summed E-state index contributed by atoms with van der Waals surface area (Å²) >= 11 is 1.24. The molecular weight excluding hydrogens is 493 g/mol. The van der Waals surface area contributed by atoms with Crippen molar-refractivity contribution in [3.05, 3.63) is 57.9 Å². The van der Waals surface area contributed by atoms with Crippen LogP contribution in [0.1, 0.15) is 36.0 Å². The van der Waals surface area contributed by atoms with Gasteiger partial charge in [-0.25, -0.2) is 9.37 Å². The Kier molecular flexibility index (Phi) is 8.98. The van der Waals surface area contributed by atoms with Gasteiger partial charge in [0.2, 0.25) is 0 Å². The summed E-state index contributed by atoms with van der Waals surface area (Å²) in [5.74, 6) is -0.825. The molecule has 2 aromatic carbocycles. The van der Waals surface area contributed by atoms with Crippen LogP contribution in [0, 0.1) is 15.9 Å². The van der Waals surface area contributed by atoms with Gasteiger partial charge < -0.3 is 9.80 Å². The highest BCUT2D eigenvalue weighted by atomic mass is 35.5. The predicted molar refractivity (Wildman–Crippen MR) is 141 cm³/mol. The van der Waals surface area contributed by atoms with E-state index in [0.29, 0.717) is 28.5 Å². The Morgan fingerprint density at radius 3 is 2.57 bits per heavy atom. The Morgan fingerprint density at radius 2 is 1.91 bits per heavy atom. The first-order chi connectivity index (χ1) is 16.3. The van der Waals surface area contributed by atoms with Gasteiger partial charge in [0, 0.05) is 31.3 Å². The van der Waals surface area contributed by atoms with Crippen LogP contribution in [0.4, 0.5) is 20.9 Å². The fourth-order valence-corrected chi connectivity index (χ4v) is 5.21. The number of hydrogen-bond acceptors (Lipinski definition) is 7. The summed E-state index contributed by atoms with van der Waals surface area (Å²) in [4.78, 5) is 35.0. The first-order valence-corrected chi connectivity index (χ1v) is 12.2. The van der Waals surface area contributed by atoms with Crippen molar-refractivity contribution in [3.63, 3.8) is 0 Å². The molecule has 1 amide bonds. The number of fused-ring (bicyclic) bond motifs is 1. The number of para-hydroxylation sites is 1. The molecule has 0 aliphatic carbocycles. The SMILES string of the molecule is CN(C)CCCN(C(=O)c1ccc(N2CCCCC2)c([N+](=O)[O-])c1)c1nc2c(F)cccc2s1.Cl. The van der Waals surface area contributed by atoms with E-state index in [1.54, 1.807) is 24.3 Å². The lowest BCUT2D eigenvalue weighted by Gasteiger charge is -2.28. The minimum Gasteiger partial charge on any atom is -0.366 e. The molecule has 4 rings (SSSR count). The summed E-state index contributed by atoms with van der Waals surface area (Å²) in [5, 5.41) is 12.3. The monoisotopic (exact) mass is 521 g/mol. The van der Waals surface area contributed by atoms with Crippen LogP contribution in [-0.2, 0) is 0 Å². The highest BCUT2D eigenvalue weighted by Gasteiger charge is 2.27. The van der Waals surface area contributed by atoms with Crippen molar-refractivity contribution in [1.82, 2.24) is 9.88 Å². The first-order valence-electron chi connectivity index (χ1n) is 11.4. The van der Waals surface area contributed by atoms with Crippen molar-refractivity contribution < 1.29 is 14.1 Å². The van der Waals surface area contributed by atoms with E-state index in [9.17, 15) is 19.3 Å². The van der Waals surface area contributed by atoms with Crippen LogP contribution in [-0.4, -0.2) is 61.0 Å². The number of carbonyl (C=O) groups excluding carboxylic acids is 1. The molecule has 0 N–H and O–H groups in total. The van der Waals surface area contributed by atoms with Crippen LogP contribution in [0.15, 0.2) is 36.4 Å². The predicted octanol–water partition coefficient (Wildman–Crippen LogP) is 5.35. The average Bonchev–Trinajstić information content (AvgIpc) is 3.27. The summed E-state index contributed by atoms with van der Waals surface area (Å²) < 4.78 is 14.9. The van der Waals surface area contributed by atoms with Gasteiger partial charge in [-0.15, -0.1) is 12.4 Å². The lowest BCUT2D eigenvalue weighted by molar-refractivity contribution is -0.384. The Balaban J connectivity index is 0.00000342. The van der Waals surface area contributed by atoms with Gasteiger partial charge in [-0.05, 0) is 70.6 Å². The van der Waals surface area contributed by atoms with Gasteiger partial charge in [-0.3, -0.25) is 19.8 Å². The van der Waals surface area contributed by atoms with E-state index in [2.05, 4.69) is 4.98 Å². The molecule has 1 saturated heterocycles. The number of aromatic nitrogens is 1. The maximum Gasteiger partial charge on any atom is 0.293 e. The summed E-state index contributed by atoms with van der Waals surface area (Å²) in [6.45, 7) is 2.64. The zero-order valence-corrected chi connectivity index (χ0v) is 21.4. The highest BCUT2D eigenvalue weighted by Crippen LogP contribution is 2.34. The molecule has 0 saturated carbocycles. The molecule has 1 aromatic heterocycles. The molecule has 0 atom stereocenters. The minimum atomic E-state index is -0.442. The molecule has 11 heteroatoms. The van der Waals surface area contributed by atoms with E-state index >= 15 is 0 Å². The normalized spacial score (nSPS) is 13.7. The van der Waals surface area contributed by atoms with Crippen LogP contribution in [0.3, 0.4) is 0 Å². The number of rotatable bonds is 8.